The lowest BCUT2D eigenvalue weighted by Crippen LogP contribution is -2.52. The zero-order valence-electron chi connectivity index (χ0n) is 21.1. The quantitative estimate of drug-likeness (QED) is 0.697. The number of piperidine rings is 2. The maximum absolute atomic E-state index is 12.8. The molecule has 0 bridgehead atoms. The molecule has 3 aliphatic heterocycles. The Morgan fingerprint density at radius 3 is 2.59 bits per heavy atom. The zero-order valence-corrected chi connectivity index (χ0v) is 21.1. The first-order chi connectivity index (χ1) is 16.3. The Labute approximate surface area is 204 Å². The van der Waals surface area contributed by atoms with E-state index in [-0.39, 0.29) is 11.8 Å². The van der Waals surface area contributed by atoms with Crippen LogP contribution >= 0.6 is 0 Å². The fraction of sp³-hybridized carbons (Fsp3) is 0.630. The molecule has 1 unspecified atom stereocenters. The van der Waals surface area contributed by atoms with E-state index in [1.807, 2.05) is 23.1 Å². The van der Waals surface area contributed by atoms with E-state index >= 15 is 0 Å². The second-order valence-electron chi connectivity index (χ2n) is 10.5. The Kier molecular flexibility index (Phi) is 7.94. The smallest absolute Gasteiger partial charge is 0.223 e. The van der Waals surface area contributed by atoms with Crippen LogP contribution in [0, 0.1) is 0 Å². The highest BCUT2D eigenvalue weighted by Gasteiger charge is 2.35. The van der Waals surface area contributed by atoms with E-state index in [2.05, 4.69) is 60.1 Å². The fourth-order valence-electron chi connectivity index (χ4n) is 5.33. The van der Waals surface area contributed by atoms with E-state index in [1.165, 1.54) is 18.4 Å². The van der Waals surface area contributed by atoms with Crippen molar-refractivity contribution in [3.63, 3.8) is 0 Å². The number of aliphatic imine (C=N–C) groups is 1. The molecule has 2 saturated heterocycles. The minimum absolute atomic E-state index is 0.183. The third-order valence-electron chi connectivity index (χ3n) is 7.69. The third-order valence-corrected chi connectivity index (χ3v) is 7.69. The molecule has 7 heteroatoms. The van der Waals surface area contributed by atoms with Gasteiger partial charge >= 0.3 is 0 Å². The van der Waals surface area contributed by atoms with Gasteiger partial charge in [-0.1, -0.05) is 37.3 Å². The van der Waals surface area contributed by atoms with Gasteiger partial charge in [0, 0.05) is 51.4 Å². The van der Waals surface area contributed by atoms with Crippen molar-refractivity contribution in [2.24, 2.45) is 4.99 Å². The first-order valence-corrected chi connectivity index (χ1v) is 12.8. The molecule has 2 atom stereocenters. The van der Waals surface area contributed by atoms with Gasteiger partial charge in [0.05, 0.1) is 5.60 Å². The molecule has 0 spiro atoms. The van der Waals surface area contributed by atoms with E-state index in [0.717, 1.165) is 18.9 Å². The minimum Gasteiger partial charge on any atom is -0.388 e. The lowest BCUT2D eigenvalue weighted by molar-refractivity contribution is -0.136. The van der Waals surface area contributed by atoms with Crippen molar-refractivity contribution in [3.05, 3.63) is 48.2 Å². The first-order valence-electron chi connectivity index (χ1n) is 12.8. The van der Waals surface area contributed by atoms with Crippen LogP contribution in [-0.4, -0.2) is 102 Å². The highest BCUT2D eigenvalue weighted by atomic mass is 16.3. The molecule has 3 aliphatic rings. The molecule has 1 aromatic carbocycles. The molecule has 0 aliphatic carbocycles. The predicted octanol–water partition coefficient (Wildman–Crippen LogP) is 2.75. The molecule has 1 N–H and O–H groups in total. The van der Waals surface area contributed by atoms with Crippen LogP contribution in [0.2, 0.25) is 0 Å². The van der Waals surface area contributed by atoms with Gasteiger partial charge in [0.25, 0.3) is 0 Å². The Bertz CT molecular complexity index is 876. The summed E-state index contributed by atoms with van der Waals surface area (Å²) in [6.45, 7) is 6.55. The number of benzene rings is 1. The lowest BCUT2D eigenvalue weighted by Gasteiger charge is -2.42. The fourth-order valence-corrected chi connectivity index (χ4v) is 5.33. The van der Waals surface area contributed by atoms with Gasteiger partial charge in [-0.15, -0.1) is 0 Å². The molecule has 0 saturated carbocycles. The van der Waals surface area contributed by atoms with Gasteiger partial charge in [-0.3, -0.25) is 4.79 Å². The average Bonchev–Trinajstić information content (AvgIpc) is 2.85. The average molecular weight is 468 g/mol. The Balaban J connectivity index is 1.23. The number of hydrogen-bond acceptors (Lipinski definition) is 6. The minimum atomic E-state index is -0.777. The number of β-amino-alcohol motifs (C(OH)–C–C–N with tert-alkyl or cyclic N) is 1. The molecule has 4 rings (SSSR count). The predicted molar refractivity (Wildman–Crippen MR) is 137 cm³/mol. The monoisotopic (exact) mass is 467 g/mol. The Morgan fingerprint density at radius 2 is 1.94 bits per heavy atom. The summed E-state index contributed by atoms with van der Waals surface area (Å²) in [6, 6.07) is 10.8. The molecule has 0 aromatic heterocycles. The van der Waals surface area contributed by atoms with Crippen LogP contribution in [0.25, 0.3) is 0 Å². The van der Waals surface area contributed by atoms with Crippen LogP contribution in [0.3, 0.4) is 0 Å². The molecule has 1 amide bonds. The molecular weight excluding hydrogens is 426 g/mol. The van der Waals surface area contributed by atoms with Gasteiger partial charge in [-0.2, -0.15) is 0 Å². The SMILES string of the molecule is CC(CC(=O)N1CCC(O)(CN2C=CC(N3CCC[C@H](N(C)C)C3)=NC2)CC1)c1ccccc1. The standard InChI is InChI=1S/C27H41N5O2/c1-22(23-8-5-4-6-9-23)18-26(33)31-16-12-27(34,13-17-31)20-30-15-11-25(28-21-30)32-14-7-10-24(19-32)29(2)3/h4-6,8-9,11,15,22,24,34H,7,10,12-14,16-21H2,1-3H3/t22?,24-/m0/s1. The van der Waals surface area contributed by atoms with E-state index in [0.29, 0.717) is 51.6 Å². The largest absolute Gasteiger partial charge is 0.388 e. The number of likely N-dealkylation sites (N-methyl/N-ethyl adjacent to an activating group) is 1. The normalized spacial score (nSPS) is 23.7. The molecule has 1 aromatic rings. The van der Waals surface area contributed by atoms with Crippen molar-refractivity contribution in [1.29, 1.82) is 0 Å². The van der Waals surface area contributed by atoms with Gasteiger partial charge < -0.3 is 24.7 Å². The van der Waals surface area contributed by atoms with Crippen molar-refractivity contribution in [3.8, 4) is 0 Å². The van der Waals surface area contributed by atoms with Crippen LogP contribution in [-0.2, 0) is 4.79 Å². The summed E-state index contributed by atoms with van der Waals surface area (Å²) in [7, 11) is 4.30. The summed E-state index contributed by atoms with van der Waals surface area (Å²) in [6.07, 6.45) is 8.34. The summed E-state index contributed by atoms with van der Waals surface area (Å²) >= 11 is 0. The maximum Gasteiger partial charge on any atom is 0.223 e. The maximum atomic E-state index is 12.8. The molecule has 186 valence electrons. The van der Waals surface area contributed by atoms with Crippen LogP contribution in [0.15, 0.2) is 47.6 Å². The summed E-state index contributed by atoms with van der Waals surface area (Å²) in [5.41, 5.74) is 0.420. The number of amidine groups is 1. The van der Waals surface area contributed by atoms with Crippen LogP contribution in [0.5, 0.6) is 0 Å². The second-order valence-corrected chi connectivity index (χ2v) is 10.5. The van der Waals surface area contributed by atoms with Crippen LogP contribution in [0.1, 0.15) is 50.5 Å². The van der Waals surface area contributed by atoms with Gasteiger partial charge in [-0.05, 0) is 57.3 Å². The molecule has 0 radical (unpaired) electrons. The Hall–Kier alpha value is -2.38. The summed E-state index contributed by atoms with van der Waals surface area (Å²) in [5, 5.41) is 11.2. The van der Waals surface area contributed by atoms with Crippen molar-refractivity contribution in [1.82, 2.24) is 19.6 Å². The number of amides is 1. The zero-order chi connectivity index (χ0) is 24.1. The summed E-state index contributed by atoms with van der Waals surface area (Å²) in [4.78, 5) is 26.4. The van der Waals surface area contributed by atoms with E-state index in [4.69, 9.17) is 4.99 Å². The Morgan fingerprint density at radius 1 is 1.21 bits per heavy atom. The van der Waals surface area contributed by atoms with Gasteiger partial charge in [0.2, 0.25) is 5.91 Å². The van der Waals surface area contributed by atoms with Crippen molar-refractivity contribution in [2.75, 3.05) is 53.5 Å². The van der Waals surface area contributed by atoms with Crippen LogP contribution in [0.4, 0.5) is 0 Å². The highest BCUT2D eigenvalue weighted by molar-refractivity contribution is 5.93. The number of aliphatic hydroxyl groups is 1. The van der Waals surface area contributed by atoms with Gasteiger partial charge in [0.1, 0.15) is 12.5 Å². The van der Waals surface area contributed by atoms with E-state index in [9.17, 15) is 9.90 Å². The lowest BCUT2D eigenvalue weighted by atomic mass is 9.90. The number of hydrogen-bond donors (Lipinski definition) is 1. The van der Waals surface area contributed by atoms with Crippen LogP contribution < -0.4 is 0 Å². The molecule has 7 nitrogen and oxygen atoms in total. The topological polar surface area (TPSA) is 62.6 Å². The molecule has 3 heterocycles. The van der Waals surface area contributed by atoms with Crippen molar-refractivity contribution in [2.45, 2.75) is 56.6 Å². The number of nitrogens with zero attached hydrogens (tertiary/aromatic N) is 5. The van der Waals surface area contributed by atoms with Gasteiger partial charge in [-0.25, -0.2) is 4.99 Å². The number of likely N-dealkylation sites (tertiary alicyclic amines) is 2. The molecular formula is C27H41N5O2. The number of rotatable bonds is 6. The second kappa shape index (κ2) is 10.9. The van der Waals surface area contributed by atoms with Crippen molar-refractivity contribution >= 4 is 11.7 Å². The summed E-state index contributed by atoms with van der Waals surface area (Å²) in [5.74, 6) is 1.44. The van der Waals surface area contributed by atoms with E-state index in [1.54, 1.807) is 0 Å². The number of carbonyl (C=O) groups is 1. The number of carbonyl (C=O) groups excluding carboxylic acids is 1. The summed E-state index contributed by atoms with van der Waals surface area (Å²) < 4.78 is 0. The van der Waals surface area contributed by atoms with Crippen molar-refractivity contribution < 1.29 is 9.90 Å². The van der Waals surface area contributed by atoms with E-state index < -0.39 is 5.60 Å². The molecule has 2 fully saturated rings. The third kappa shape index (κ3) is 6.19. The first kappa shape index (κ1) is 24.7. The highest BCUT2D eigenvalue weighted by Crippen LogP contribution is 2.27. The van der Waals surface area contributed by atoms with Gasteiger partial charge in [0.15, 0.2) is 0 Å². The molecule has 34 heavy (non-hydrogen) atoms.